The lowest BCUT2D eigenvalue weighted by atomic mass is 9.70. The summed E-state index contributed by atoms with van der Waals surface area (Å²) in [5.41, 5.74) is 2.99. The Morgan fingerprint density at radius 3 is 2.50 bits per heavy atom. The number of aromatic nitrogens is 4. The van der Waals surface area contributed by atoms with E-state index < -0.39 is 0 Å². The highest BCUT2D eigenvalue weighted by atomic mass is 16.5. The number of H-pyrrole nitrogens is 1. The molecule has 4 rings (SSSR count). The van der Waals surface area contributed by atoms with Crippen LogP contribution in [0.15, 0.2) is 54.6 Å². The van der Waals surface area contributed by atoms with Crippen molar-refractivity contribution < 1.29 is 4.74 Å². The Hall–Kier alpha value is -2.73. The fraction of sp³-hybridized carbons (Fsp3) is 0.536. The number of ether oxygens (including phenoxy) is 1. The molecule has 1 aliphatic rings. The molecule has 0 amide bonds. The van der Waals surface area contributed by atoms with Gasteiger partial charge < -0.3 is 4.74 Å². The van der Waals surface area contributed by atoms with Gasteiger partial charge in [0.1, 0.15) is 5.75 Å². The third-order valence-electron chi connectivity index (χ3n) is 7.70. The number of nitrogens with one attached hydrogen (secondary N) is 1. The highest BCUT2D eigenvalue weighted by Crippen LogP contribution is 2.43. The molecular weight excluding hydrogens is 422 g/mol. The largest absolute Gasteiger partial charge is 0.490 e. The third-order valence-corrected chi connectivity index (χ3v) is 7.70. The summed E-state index contributed by atoms with van der Waals surface area (Å²) in [4.78, 5) is 2.44. The Balaban J connectivity index is 1.35. The minimum Gasteiger partial charge on any atom is -0.490 e. The van der Waals surface area contributed by atoms with Gasteiger partial charge in [0.25, 0.3) is 0 Å². The van der Waals surface area contributed by atoms with Gasteiger partial charge in [0.2, 0.25) is 0 Å². The van der Waals surface area contributed by atoms with Crippen LogP contribution in [0.5, 0.6) is 5.75 Å². The van der Waals surface area contributed by atoms with Crippen molar-refractivity contribution >= 4 is 0 Å². The molecule has 0 aliphatic heterocycles. The van der Waals surface area contributed by atoms with E-state index in [1.807, 2.05) is 0 Å². The summed E-state index contributed by atoms with van der Waals surface area (Å²) in [5.74, 6) is 2.63. The summed E-state index contributed by atoms with van der Waals surface area (Å²) in [7, 11) is 4.47. The quantitative estimate of drug-likeness (QED) is 0.417. The average Bonchev–Trinajstić information content (AvgIpc) is 3.40. The van der Waals surface area contributed by atoms with Gasteiger partial charge in [-0.3, -0.25) is 4.90 Å². The number of tetrazole rings is 1. The topological polar surface area (TPSA) is 66.9 Å². The van der Waals surface area contributed by atoms with Crippen LogP contribution >= 0.6 is 0 Å². The third kappa shape index (κ3) is 5.66. The minimum absolute atomic E-state index is 0.130. The zero-order chi connectivity index (χ0) is 24.0. The van der Waals surface area contributed by atoms with E-state index in [2.05, 4.69) is 108 Å². The van der Waals surface area contributed by atoms with Gasteiger partial charge in [0.05, 0.1) is 6.10 Å². The van der Waals surface area contributed by atoms with Crippen molar-refractivity contribution in [2.45, 2.75) is 76.4 Å². The molecule has 3 aromatic rings. The molecule has 1 fully saturated rings. The van der Waals surface area contributed by atoms with Crippen molar-refractivity contribution in [1.82, 2.24) is 25.5 Å². The molecule has 34 heavy (non-hydrogen) atoms. The summed E-state index contributed by atoms with van der Waals surface area (Å²) in [6, 6.07) is 19.8. The van der Waals surface area contributed by atoms with Gasteiger partial charge in [-0.15, -0.1) is 10.2 Å². The van der Waals surface area contributed by atoms with Crippen LogP contribution in [-0.4, -0.2) is 45.7 Å². The lowest BCUT2D eigenvalue weighted by Gasteiger charge is -2.45. The van der Waals surface area contributed by atoms with Crippen LogP contribution in [-0.2, 0) is 12.0 Å². The highest BCUT2D eigenvalue weighted by molar-refractivity contribution is 5.30. The SMILES string of the molecule is CC[C@H](C[C@H](C)c1nn[nH]n1)Oc1cccc(C[C@H]2CC[C@](c3ccccc3)(N(C)C)CC2)c1. The predicted octanol–water partition coefficient (Wildman–Crippen LogP) is 5.74. The second-order valence-electron chi connectivity index (χ2n) is 10.1. The smallest absolute Gasteiger partial charge is 0.177 e. The summed E-state index contributed by atoms with van der Waals surface area (Å²) in [6.45, 7) is 4.29. The number of benzene rings is 2. The molecule has 0 radical (unpaired) electrons. The van der Waals surface area contributed by atoms with Crippen LogP contribution in [0.2, 0.25) is 0 Å². The molecule has 6 nitrogen and oxygen atoms in total. The summed E-state index contributed by atoms with van der Waals surface area (Å²) < 4.78 is 6.39. The number of nitrogens with zero attached hydrogens (tertiary/aromatic N) is 4. The molecular formula is C28H39N5O. The van der Waals surface area contributed by atoms with E-state index in [9.17, 15) is 0 Å². The highest BCUT2D eigenvalue weighted by Gasteiger charge is 2.38. The Morgan fingerprint density at radius 1 is 1.09 bits per heavy atom. The van der Waals surface area contributed by atoms with Crippen molar-refractivity contribution in [2.24, 2.45) is 5.92 Å². The summed E-state index contributed by atoms with van der Waals surface area (Å²) >= 11 is 0. The molecule has 182 valence electrons. The number of hydrogen-bond acceptors (Lipinski definition) is 5. The summed E-state index contributed by atoms with van der Waals surface area (Å²) in [6.07, 6.45) is 7.97. The van der Waals surface area contributed by atoms with E-state index in [1.165, 1.54) is 36.8 Å². The van der Waals surface area contributed by atoms with Crippen LogP contribution in [0, 0.1) is 5.92 Å². The molecule has 6 heteroatoms. The lowest BCUT2D eigenvalue weighted by Crippen LogP contribution is -2.44. The first-order chi connectivity index (χ1) is 16.5. The molecule has 0 bridgehead atoms. The number of rotatable bonds is 10. The van der Waals surface area contributed by atoms with E-state index in [-0.39, 0.29) is 17.6 Å². The van der Waals surface area contributed by atoms with Crippen molar-refractivity contribution in [3.05, 3.63) is 71.5 Å². The van der Waals surface area contributed by atoms with Gasteiger partial charge >= 0.3 is 0 Å². The van der Waals surface area contributed by atoms with E-state index in [0.29, 0.717) is 5.92 Å². The number of aromatic amines is 1. The van der Waals surface area contributed by atoms with Gasteiger partial charge in [-0.2, -0.15) is 5.21 Å². The van der Waals surface area contributed by atoms with Crippen molar-refractivity contribution in [3.63, 3.8) is 0 Å². The van der Waals surface area contributed by atoms with Crippen LogP contribution in [0.3, 0.4) is 0 Å². The van der Waals surface area contributed by atoms with Gasteiger partial charge in [-0.05, 0) is 88.2 Å². The van der Waals surface area contributed by atoms with E-state index in [1.54, 1.807) is 0 Å². The molecule has 1 aromatic heterocycles. The Labute approximate surface area is 204 Å². The van der Waals surface area contributed by atoms with Crippen molar-refractivity contribution in [2.75, 3.05) is 14.1 Å². The van der Waals surface area contributed by atoms with Crippen molar-refractivity contribution in [1.29, 1.82) is 0 Å². The van der Waals surface area contributed by atoms with Crippen LogP contribution in [0.4, 0.5) is 0 Å². The Kier molecular flexibility index (Phi) is 7.99. The molecule has 0 spiro atoms. The standard InChI is InChI=1S/C28H39N5O/c1-5-25(18-21(2)27-29-31-32-30-27)34-26-13-9-10-23(20-26)19-22-14-16-28(17-15-22,33(3)4)24-11-7-6-8-12-24/h6-13,20-22,25H,5,14-19H2,1-4H3,(H,29,30,31,32)/t21-,22-,25+,28-/m0/s1. The van der Waals surface area contributed by atoms with E-state index in [0.717, 1.165) is 30.8 Å². The van der Waals surface area contributed by atoms with E-state index in [4.69, 9.17) is 4.74 Å². The fourth-order valence-electron chi connectivity index (χ4n) is 5.55. The second-order valence-corrected chi connectivity index (χ2v) is 10.1. The first-order valence-corrected chi connectivity index (χ1v) is 12.7. The van der Waals surface area contributed by atoms with Gasteiger partial charge in [0.15, 0.2) is 5.82 Å². The molecule has 1 saturated carbocycles. The second kappa shape index (κ2) is 11.1. The Morgan fingerprint density at radius 2 is 1.85 bits per heavy atom. The molecule has 2 atom stereocenters. The molecule has 1 heterocycles. The number of hydrogen-bond donors (Lipinski definition) is 1. The van der Waals surface area contributed by atoms with Gasteiger partial charge in [0, 0.05) is 11.5 Å². The zero-order valence-corrected chi connectivity index (χ0v) is 21.1. The van der Waals surface area contributed by atoms with E-state index >= 15 is 0 Å². The zero-order valence-electron chi connectivity index (χ0n) is 21.1. The first-order valence-electron chi connectivity index (χ1n) is 12.7. The van der Waals surface area contributed by atoms with Crippen LogP contribution < -0.4 is 4.74 Å². The normalized spacial score (nSPS) is 22.4. The lowest BCUT2D eigenvalue weighted by molar-refractivity contribution is 0.0772. The molecule has 1 N–H and O–H groups in total. The maximum atomic E-state index is 6.39. The molecule has 0 unspecified atom stereocenters. The maximum absolute atomic E-state index is 6.39. The van der Waals surface area contributed by atoms with Crippen LogP contribution in [0.25, 0.3) is 0 Å². The Bertz CT molecular complexity index is 997. The summed E-state index contributed by atoms with van der Waals surface area (Å²) in [5, 5.41) is 14.5. The average molecular weight is 462 g/mol. The van der Waals surface area contributed by atoms with Gasteiger partial charge in [-0.1, -0.05) is 61.5 Å². The predicted molar refractivity (Wildman–Crippen MR) is 136 cm³/mol. The fourth-order valence-corrected chi connectivity index (χ4v) is 5.55. The van der Waals surface area contributed by atoms with Crippen LogP contribution in [0.1, 0.15) is 75.2 Å². The first kappa shape index (κ1) is 24.4. The minimum atomic E-state index is 0.130. The monoisotopic (exact) mass is 461 g/mol. The maximum Gasteiger partial charge on any atom is 0.177 e. The van der Waals surface area contributed by atoms with Gasteiger partial charge in [-0.25, -0.2) is 0 Å². The molecule has 2 aromatic carbocycles. The molecule has 0 saturated heterocycles. The van der Waals surface area contributed by atoms with Crippen molar-refractivity contribution in [3.8, 4) is 5.75 Å². The molecule has 1 aliphatic carbocycles.